The van der Waals surface area contributed by atoms with Crippen molar-refractivity contribution in [3.63, 3.8) is 0 Å². The van der Waals surface area contributed by atoms with Crippen LogP contribution >= 0.6 is 0 Å². The second-order valence-corrected chi connectivity index (χ2v) is 4.68. The molecule has 0 aliphatic heterocycles. The van der Waals surface area contributed by atoms with Crippen LogP contribution in [0.5, 0.6) is 11.5 Å². The highest BCUT2D eigenvalue weighted by molar-refractivity contribution is 5.50. The van der Waals surface area contributed by atoms with Crippen LogP contribution in [0.3, 0.4) is 0 Å². The van der Waals surface area contributed by atoms with E-state index in [4.69, 9.17) is 15.2 Å². The molecule has 0 aromatic heterocycles. The van der Waals surface area contributed by atoms with E-state index in [-0.39, 0.29) is 0 Å². The number of hydrogen-bond donors (Lipinski definition) is 1. The van der Waals surface area contributed by atoms with Gasteiger partial charge in [-0.1, -0.05) is 31.2 Å². The topological polar surface area (TPSA) is 44.5 Å². The van der Waals surface area contributed by atoms with Crippen LogP contribution in [0, 0.1) is 6.92 Å². The molecule has 0 aliphatic carbocycles. The number of anilines is 1. The van der Waals surface area contributed by atoms with Crippen LogP contribution in [0.2, 0.25) is 0 Å². The minimum absolute atomic E-state index is 0.501. The van der Waals surface area contributed by atoms with E-state index in [9.17, 15) is 0 Å². The number of nitrogens with two attached hydrogens (primary N) is 1. The van der Waals surface area contributed by atoms with Gasteiger partial charge in [0.25, 0.3) is 0 Å². The molecule has 3 nitrogen and oxygen atoms in total. The number of benzene rings is 2. The van der Waals surface area contributed by atoms with Crippen molar-refractivity contribution in [2.75, 3.05) is 18.9 Å². The Morgan fingerprint density at radius 3 is 2.50 bits per heavy atom. The highest BCUT2D eigenvalue weighted by atomic mass is 16.5. The van der Waals surface area contributed by atoms with Crippen molar-refractivity contribution in [2.24, 2.45) is 0 Å². The van der Waals surface area contributed by atoms with Crippen LogP contribution < -0.4 is 15.2 Å². The highest BCUT2D eigenvalue weighted by Gasteiger charge is 2.01. The number of aryl methyl sites for hydroxylation is 2. The Hall–Kier alpha value is -2.16. The van der Waals surface area contributed by atoms with Crippen molar-refractivity contribution >= 4 is 5.69 Å². The van der Waals surface area contributed by atoms with Crippen LogP contribution in [-0.2, 0) is 6.42 Å². The lowest BCUT2D eigenvalue weighted by atomic mass is 10.1. The fraction of sp³-hybridized carbons (Fsp3) is 0.294. The second-order valence-electron chi connectivity index (χ2n) is 4.68. The number of hydrogen-bond acceptors (Lipinski definition) is 3. The van der Waals surface area contributed by atoms with Gasteiger partial charge in [-0.15, -0.1) is 0 Å². The van der Waals surface area contributed by atoms with Crippen molar-refractivity contribution in [1.82, 2.24) is 0 Å². The molecule has 3 heteroatoms. The van der Waals surface area contributed by atoms with E-state index in [0.717, 1.165) is 29.2 Å². The number of rotatable bonds is 6. The Morgan fingerprint density at radius 1 is 1.00 bits per heavy atom. The summed E-state index contributed by atoms with van der Waals surface area (Å²) in [5.74, 6) is 1.71. The average molecular weight is 271 g/mol. The maximum absolute atomic E-state index is 5.84. The van der Waals surface area contributed by atoms with E-state index in [0.29, 0.717) is 13.2 Å². The SMILES string of the molecule is CCc1ccccc1OCCOc1ccc(C)c(N)c1. The summed E-state index contributed by atoms with van der Waals surface area (Å²) in [5.41, 5.74) is 8.87. The lowest BCUT2D eigenvalue weighted by Crippen LogP contribution is -2.10. The van der Waals surface area contributed by atoms with Crippen LogP contribution in [0.1, 0.15) is 18.1 Å². The molecule has 106 valence electrons. The van der Waals surface area contributed by atoms with Gasteiger partial charge in [0.15, 0.2) is 0 Å². The minimum Gasteiger partial charge on any atom is -0.490 e. The summed E-state index contributed by atoms with van der Waals surface area (Å²) < 4.78 is 11.4. The fourth-order valence-electron chi connectivity index (χ4n) is 1.96. The highest BCUT2D eigenvalue weighted by Crippen LogP contribution is 2.20. The number of nitrogen functional groups attached to an aromatic ring is 1. The monoisotopic (exact) mass is 271 g/mol. The molecule has 0 atom stereocenters. The van der Waals surface area contributed by atoms with E-state index < -0.39 is 0 Å². The van der Waals surface area contributed by atoms with Gasteiger partial charge in [-0.25, -0.2) is 0 Å². The zero-order valence-electron chi connectivity index (χ0n) is 12.1. The molecule has 2 aromatic rings. The molecule has 0 radical (unpaired) electrons. The molecule has 2 N–H and O–H groups in total. The molecule has 0 fully saturated rings. The Bertz CT molecular complexity index is 567. The first kappa shape index (κ1) is 14.3. The van der Waals surface area contributed by atoms with Gasteiger partial charge in [0.1, 0.15) is 24.7 Å². The predicted octanol–water partition coefficient (Wildman–Crippen LogP) is 3.60. The van der Waals surface area contributed by atoms with Crippen molar-refractivity contribution in [2.45, 2.75) is 20.3 Å². The Kier molecular flexibility index (Phi) is 4.88. The van der Waals surface area contributed by atoms with E-state index in [1.165, 1.54) is 5.56 Å². The zero-order chi connectivity index (χ0) is 14.4. The maximum atomic E-state index is 5.84. The molecule has 0 amide bonds. The van der Waals surface area contributed by atoms with Gasteiger partial charge in [0, 0.05) is 11.8 Å². The lowest BCUT2D eigenvalue weighted by molar-refractivity contribution is 0.216. The van der Waals surface area contributed by atoms with E-state index in [1.54, 1.807) is 0 Å². The molecular formula is C17H21NO2. The van der Waals surface area contributed by atoms with E-state index in [1.807, 2.05) is 43.3 Å². The molecule has 20 heavy (non-hydrogen) atoms. The molecule has 0 unspecified atom stereocenters. The first-order chi connectivity index (χ1) is 9.70. The summed E-state index contributed by atoms with van der Waals surface area (Å²) in [6.07, 6.45) is 0.964. The Balaban J connectivity index is 1.83. The Labute approximate surface area is 120 Å². The van der Waals surface area contributed by atoms with Crippen molar-refractivity contribution in [1.29, 1.82) is 0 Å². The Morgan fingerprint density at radius 2 is 1.75 bits per heavy atom. The summed E-state index contributed by atoms with van der Waals surface area (Å²) in [5, 5.41) is 0. The van der Waals surface area contributed by atoms with Crippen LogP contribution in [0.4, 0.5) is 5.69 Å². The first-order valence-electron chi connectivity index (χ1n) is 6.90. The molecule has 0 saturated heterocycles. The molecule has 0 bridgehead atoms. The first-order valence-corrected chi connectivity index (χ1v) is 6.90. The second kappa shape index (κ2) is 6.85. The van der Waals surface area contributed by atoms with Crippen molar-refractivity contribution < 1.29 is 9.47 Å². The minimum atomic E-state index is 0.501. The van der Waals surface area contributed by atoms with Gasteiger partial charge in [0.2, 0.25) is 0 Å². The summed E-state index contributed by atoms with van der Waals surface area (Å²) in [6.45, 7) is 5.11. The van der Waals surface area contributed by atoms with Gasteiger partial charge in [-0.3, -0.25) is 0 Å². The molecule has 0 spiro atoms. The van der Waals surface area contributed by atoms with Crippen LogP contribution in [-0.4, -0.2) is 13.2 Å². The van der Waals surface area contributed by atoms with Gasteiger partial charge in [-0.2, -0.15) is 0 Å². The number of para-hydroxylation sites is 1. The summed E-state index contributed by atoms with van der Waals surface area (Å²) in [6, 6.07) is 13.8. The molecule has 0 saturated carbocycles. The predicted molar refractivity (Wildman–Crippen MR) is 82.4 cm³/mol. The summed E-state index contributed by atoms with van der Waals surface area (Å²) >= 11 is 0. The lowest BCUT2D eigenvalue weighted by Gasteiger charge is -2.11. The standard InChI is InChI=1S/C17H21NO2/c1-3-14-6-4-5-7-17(14)20-11-10-19-15-9-8-13(2)16(18)12-15/h4-9,12H,3,10-11,18H2,1-2H3. The third kappa shape index (κ3) is 3.67. The third-order valence-corrected chi connectivity index (χ3v) is 3.21. The smallest absolute Gasteiger partial charge is 0.122 e. The van der Waals surface area contributed by atoms with Crippen LogP contribution in [0.25, 0.3) is 0 Å². The largest absolute Gasteiger partial charge is 0.490 e. The maximum Gasteiger partial charge on any atom is 0.122 e. The summed E-state index contributed by atoms with van der Waals surface area (Å²) in [4.78, 5) is 0. The number of ether oxygens (including phenoxy) is 2. The van der Waals surface area contributed by atoms with E-state index in [2.05, 4.69) is 13.0 Å². The van der Waals surface area contributed by atoms with Crippen molar-refractivity contribution in [3.05, 3.63) is 53.6 Å². The summed E-state index contributed by atoms with van der Waals surface area (Å²) in [7, 11) is 0. The van der Waals surface area contributed by atoms with Gasteiger partial charge >= 0.3 is 0 Å². The quantitative estimate of drug-likeness (QED) is 0.645. The van der Waals surface area contributed by atoms with Gasteiger partial charge < -0.3 is 15.2 Å². The fourth-order valence-corrected chi connectivity index (χ4v) is 1.96. The zero-order valence-corrected chi connectivity index (χ0v) is 12.1. The molecule has 2 rings (SSSR count). The van der Waals surface area contributed by atoms with Crippen LogP contribution in [0.15, 0.2) is 42.5 Å². The van der Waals surface area contributed by atoms with Gasteiger partial charge in [0.05, 0.1) is 0 Å². The normalized spacial score (nSPS) is 10.3. The molecule has 2 aromatic carbocycles. The van der Waals surface area contributed by atoms with Gasteiger partial charge in [-0.05, 0) is 36.6 Å². The molecule has 0 aliphatic rings. The molecule has 0 heterocycles. The molecular weight excluding hydrogens is 250 g/mol. The third-order valence-electron chi connectivity index (χ3n) is 3.21. The van der Waals surface area contributed by atoms with Crippen molar-refractivity contribution in [3.8, 4) is 11.5 Å². The average Bonchev–Trinajstić information content (AvgIpc) is 2.47. The van der Waals surface area contributed by atoms with E-state index >= 15 is 0 Å².